The Morgan fingerprint density at radius 3 is 2.71 bits per heavy atom. The molecule has 1 N–H and O–H groups in total. The molecule has 132 valence electrons. The van der Waals surface area contributed by atoms with Crippen molar-refractivity contribution in [3.8, 4) is 5.75 Å². The summed E-state index contributed by atoms with van der Waals surface area (Å²) >= 11 is 6.05. The molecule has 2 fully saturated rings. The van der Waals surface area contributed by atoms with E-state index in [1.54, 1.807) is 23.1 Å². The van der Waals surface area contributed by atoms with E-state index >= 15 is 0 Å². The highest BCUT2D eigenvalue weighted by Crippen LogP contribution is 2.32. The van der Waals surface area contributed by atoms with Crippen molar-refractivity contribution >= 4 is 23.3 Å². The molecule has 0 saturated carbocycles. The van der Waals surface area contributed by atoms with E-state index in [1.165, 1.54) is 0 Å². The largest absolute Gasteiger partial charge is 0.491 e. The highest BCUT2D eigenvalue weighted by Gasteiger charge is 2.40. The molecular weight excluding hydrogens is 332 g/mol. The molecule has 0 atom stereocenters. The van der Waals surface area contributed by atoms with Gasteiger partial charge in [-0.2, -0.15) is 0 Å². The van der Waals surface area contributed by atoms with Gasteiger partial charge in [-0.3, -0.25) is 0 Å². The van der Waals surface area contributed by atoms with Gasteiger partial charge in [0.1, 0.15) is 5.75 Å². The van der Waals surface area contributed by atoms with Crippen LogP contribution in [0.2, 0.25) is 5.02 Å². The molecule has 6 nitrogen and oxygen atoms in total. The number of hydrogen-bond donors (Lipinski definition) is 1. The number of carbonyl (C=O) groups is 1. The molecule has 0 radical (unpaired) electrons. The molecule has 7 heteroatoms. The molecule has 1 aromatic rings. The Bertz CT molecular complexity index is 580. The smallest absolute Gasteiger partial charge is 0.321 e. The number of nitrogens with one attached hydrogen (secondary N) is 1. The molecule has 0 aliphatic carbocycles. The quantitative estimate of drug-likeness (QED) is 0.899. The standard InChI is InChI=1S/C17H23ClN2O4/c1-2-9-22-15-4-3-13(18)12-14(15)19-16(21)20-7-5-17(6-8-20)23-10-11-24-17/h3-4,12H,2,5-11H2,1H3,(H,19,21). The van der Waals surface area contributed by atoms with Crippen LogP contribution in [0.3, 0.4) is 0 Å². The number of halogens is 1. The SMILES string of the molecule is CCCOc1ccc(Cl)cc1NC(=O)N1CCC2(CC1)OCCO2. The summed E-state index contributed by atoms with van der Waals surface area (Å²) in [6, 6.07) is 5.08. The predicted octanol–water partition coefficient (Wildman–Crippen LogP) is 3.50. The molecule has 1 spiro atoms. The van der Waals surface area contributed by atoms with Gasteiger partial charge < -0.3 is 24.4 Å². The van der Waals surface area contributed by atoms with Crippen LogP contribution >= 0.6 is 11.6 Å². The van der Waals surface area contributed by atoms with Crippen molar-refractivity contribution in [1.29, 1.82) is 0 Å². The number of carbonyl (C=O) groups excluding carboxylic acids is 1. The van der Waals surface area contributed by atoms with Crippen molar-refractivity contribution in [3.63, 3.8) is 0 Å². The highest BCUT2D eigenvalue weighted by atomic mass is 35.5. The van der Waals surface area contributed by atoms with Gasteiger partial charge >= 0.3 is 6.03 Å². The molecule has 3 rings (SSSR count). The summed E-state index contributed by atoms with van der Waals surface area (Å²) in [4.78, 5) is 14.3. The second-order valence-corrected chi connectivity index (χ2v) is 6.45. The van der Waals surface area contributed by atoms with Crippen LogP contribution in [0.25, 0.3) is 0 Å². The van der Waals surface area contributed by atoms with Crippen molar-refractivity contribution in [3.05, 3.63) is 23.2 Å². The number of piperidine rings is 1. The van der Waals surface area contributed by atoms with Crippen molar-refractivity contribution in [2.24, 2.45) is 0 Å². The minimum Gasteiger partial charge on any atom is -0.491 e. The Morgan fingerprint density at radius 2 is 2.04 bits per heavy atom. The van der Waals surface area contributed by atoms with E-state index in [4.69, 9.17) is 25.8 Å². The van der Waals surface area contributed by atoms with Crippen molar-refractivity contribution in [2.45, 2.75) is 32.0 Å². The van der Waals surface area contributed by atoms with Gasteiger partial charge in [-0.25, -0.2) is 4.79 Å². The van der Waals surface area contributed by atoms with E-state index in [1.807, 2.05) is 6.92 Å². The molecule has 2 aliphatic rings. The second kappa shape index (κ2) is 7.59. The highest BCUT2D eigenvalue weighted by molar-refractivity contribution is 6.31. The summed E-state index contributed by atoms with van der Waals surface area (Å²) in [7, 11) is 0. The maximum Gasteiger partial charge on any atom is 0.321 e. The molecule has 2 heterocycles. The summed E-state index contributed by atoms with van der Waals surface area (Å²) in [5.74, 6) is 0.146. The number of ether oxygens (including phenoxy) is 3. The van der Waals surface area contributed by atoms with Crippen LogP contribution in [0.15, 0.2) is 18.2 Å². The molecule has 0 bridgehead atoms. The number of rotatable bonds is 4. The fourth-order valence-electron chi connectivity index (χ4n) is 2.97. The van der Waals surface area contributed by atoms with Crippen LogP contribution in [0.1, 0.15) is 26.2 Å². The van der Waals surface area contributed by atoms with Gasteiger partial charge in [0.05, 0.1) is 25.5 Å². The zero-order valence-electron chi connectivity index (χ0n) is 13.8. The third kappa shape index (κ3) is 3.94. The van der Waals surface area contributed by atoms with E-state index in [2.05, 4.69) is 5.32 Å². The molecule has 24 heavy (non-hydrogen) atoms. The first-order valence-electron chi connectivity index (χ1n) is 8.38. The van der Waals surface area contributed by atoms with Crippen LogP contribution in [-0.4, -0.2) is 49.6 Å². The Balaban J connectivity index is 1.61. The number of benzene rings is 1. The minimum atomic E-state index is -0.484. The first-order valence-corrected chi connectivity index (χ1v) is 8.76. The monoisotopic (exact) mass is 354 g/mol. The molecule has 0 unspecified atom stereocenters. The third-order valence-corrected chi connectivity index (χ3v) is 4.51. The number of urea groups is 1. The topological polar surface area (TPSA) is 60.0 Å². The predicted molar refractivity (Wildman–Crippen MR) is 91.7 cm³/mol. The van der Waals surface area contributed by atoms with Gasteiger partial charge in [-0.1, -0.05) is 18.5 Å². The van der Waals surface area contributed by atoms with Gasteiger partial charge in [0.25, 0.3) is 0 Å². The lowest BCUT2D eigenvalue weighted by atomic mass is 10.0. The Morgan fingerprint density at radius 1 is 1.33 bits per heavy atom. The number of hydrogen-bond acceptors (Lipinski definition) is 4. The number of nitrogens with zero attached hydrogens (tertiary/aromatic N) is 1. The van der Waals surface area contributed by atoms with E-state index in [-0.39, 0.29) is 6.03 Å². The van der Waals surface area contributed by atoms with Crippen molar-refractivity contribution in [2.75, 3.05) is 38.2 Å². The fraction of sp³-hybridized carbons (Fsp3) is 0.588. The van der Waals surface area contributed by atoms with Crippen LogP contribution in [-0.2, 0) is 9.47 Å². The van der Waals surface area contributed by atoms with Crippen LogP contribution in [0, 0.1) is 0 Å². The van der Waals surface area contributed by atoms with Gasteiger partial charge in [-0.05, 0) is 24.6 Å². The lowest BCUT2D eigenvalue weighted by molar-refractivity contribution is -0.181. The zero-order chi connectivity index (χ0) is 17.0. The number of likely N-dealkylation sites (tertiary alicyclic amines) is 1. The maximum atomic E-state index is 12.5. The Hall–Kier alpha value is -1.50. The maximum absolute atomic E-state index is 12.5. The fourth-order valence-corrected chi connectivity index (χ4v) is 3.14. The van der Waals surface area contributed by atoms with Gasteiger partial charge in [-0.15, -0.1) is 0 Å². The van der Waals surface area contributed by atoms with E-state index in [0.717, 1.165) is 6.42 Å². The van der Waals surface area contributed by atoms with Gasteiger partial charge in [0.15, 0.2) is 5.79 Å². The molecule has 0 aromatic heterocycles. The third-order valence-electron chi connectivity index (χ3n) is 4.27. The molecule has 2 aliphatic heterocycles. The van der Waals surface area contributed by atoms with Crippen LogP contribution in [0.4, 0.5) is 10.5 Å². The lowest BCUT2D eigenvalue weighted by Gasteiger charge is -2.37. The molecule has 2 amide bonds. The average Bonchev–Trinajstić information content (AvgIpc) is 3.03. The summed E-state index contributed by atoms with van der Waals surface area (Å²) in [5.41, 5.74) is 0.592. The van der Waals surface area contributed by atoms with Gasteiger partial charge in [0, 0.05) is 31.0 Å². The molecule has 2 saturated heterocycles. The van der Waals surface area contributed by atoms with Crippen molar-refractivity contribution < 1.29 is 19.0 Å². The minimum absolute atomic E-state index is 0.161. The summed E-state index contributed by atoms with van der Waals surface area (Å²) < 4.78 is 17.1. The average molecular weight is 355 g/mol. The normalized spacial score (nSPS) is 19.5. The van der Waals surface area contributed by atoms with Crippen LogP contribution < -0.4 is 10.1 Å². The van der Waals surface area contributed by atoms with Gasteiger partial charge in [0.2, 0.25) is 0 Å². The van der Waals surface area contributed by atoms with E-state index < -0.39 is 5.79 Å². The number of amides is 2. The van der Waals surface area contributed by atoms with Crippen molar-refractivity contribution in [1.82, 2.24) is 4.90 Å². The second-order valence-electron chi connectivity index (χ2n) is 6.01. The summed E-state index contributed by atoms with van der Waals surface area (Å²) in [6.45, 7) is 5.07. The number of anilines is 1. The zero-order valence-corrected chi connectivity index (χ0v) is 14.6. The van der Waals surface area contributed by atoms with E-state index in [0.29, 0.717) is 62.2 Å². The molecular formula is C17H23ClN2O4. The van der Waals surface area contributed by atoms with E-state index in [9.17, 15) is 4.79 Å². The first kappa shape index (κ1) is 17.3. The Kier molecular flexibility index (Phi) is 5.48. The molecule has 1 aromatic carbocycles. The summed E-state index contributed by atoms with van der Waals surface area (Å²) in [6.07, 6.45) is 2.27. The first-order chi connectivity index (χ1) is 11.6. The summed E-state index contributed by atoms with van der Waals surface area (Å²) in [5, 5.41) is 3.46. The van der Waals surface area contributed by atoms with Crippen LogP contribution in [0.5, 0.6) is 5.75 Å². The lowest BCUT2D eigenvalue weighted by Crippen LogP contribution is -2.48. The Labute approximate surface area is 147 Å².